The van der Waals surface area contributed by atoms with Crippen LogP contribution < -0.4 is 0 Å². The van der Waals surface area contributed by atoms with E-state index in [1.807, 2.05) is 13.0 Å². The minimum absolute atomic E-state index is 0.403. The molecule has 3 heteroatoms. The average molecular weight is 180 g/mol. The largest absolute Gasteiger partial charge is 0.479 e. The molecule has 0 saturated carbocycles. The molecule has 3 nitrogen and oxygen atoms in total. The van der Waals surface area contributed by atoms with Gasteiger partial charge in [-0.05, 0) is 19.4 Å². The zero-order valence-corrected chi connectivity index (χ0v) is 7.61. The van der Waals surface area contributed by atoms with Crippen LogP contribution in [0.25, 0.3) is 0 Å². The van der Waals surface area contributed by atoms with Gasteiger partial charge in [-0.2, -0.15) is 0 Å². The van der Waals surface area contributed by atoms with Crippen LogP contribution >= 0.6 is 0 Å². The molecule has 0 bridgehead atoms. The minimum atomic E-state index is -1.80. The van der Waals surface area contributed by atoms with E-state index in [9.17, 15) is 9.90 Å². The molecule has 0 radical (unpaired) electrons. The normalized spacial score (nSPS) is 15.0. The molecule has 2 N–H and O–H groups in total. The summed E-state index contributed by atoms with van der Waals surface area (Å²) < 4.78 is 0. The Morgan fingerprint density at radius 1 is 1.46 bits per heavy atom. The summed E-state index contributed by atoms with van der Waals surface area (Å²) in [5.41, 5.74) is -0.467. The molecule has 0 amide bonds. The molecule has 0 aliphatic rings. The molecule has 0 heterocycles. The van der Waals surface area contributed by atoms with Crippen molar-refractivity contribution < 1.29 is 15.0 Å². The van der Waals surface area contributed by atoms with E-state index in [1.54, 1.807) is 18.2 Å². The molecule has 1 aromatic carbocycles. The first-order chi connectivity index (χ1) is 5.94. The average Bonchev–Trinajstić information content (AvgIpc) is 2.04. The smallest absolute Gasteiger partial charge is 0.340 e. The van der Waals surface area contributed by atoms with Crippen molar-refractivity contribution in [1.82, 2.24) is 0 Å². The van der Waals surface area contributed by atoms with Crippen molar-refractivity contribution in [2.75, 3.05) is 0 Å². The Balaban J connectivity index is 3.14. The first-order valence-corrected chi connectivity index (χ1v) is 3.97. The second-order valence-corrected chi connectivity index (χ2v) is 3.25. The highest BCUT2D eigenvalue weighted by Gasteiger charge is 2.31. The Bertz CT molecular complexity index is 329. The molecule has 0 aliphatic heterocycles. The van der Waals surface area contributed by atoms with Gasteiger partial charge in [-0.3, -0.25) is 0 Å². The number of carbonyl (C=O) groups is 1. The van der Waals surface area contributed by atoms with Crippen LogP contribution in [-0.4, -0.2) is 16.2 Å². The number of rotatable bonds is 2. The van der Waals surface area contributed by atoms with Crippen molar-refractivity contribution in [2.45, 2.75) is 19.4 Å². The molecule has 0 fully saturated rings. The van der Waals surface area contributed by atoms with E-state index < -0.39 is 11.6 Å². The van der Waals surface area contributed by atoms with Crippen LogP contribution in [0.3, 0.4) is 0 Å². The highest BCUT2D eigenvalue weighted by molar-refractivity contribution is 5.78. The van der Waals surface area contributed by atoms with Gasteiger partial charge in [0.05, 0.1) is 0 Å². The van der Waals surface area contributed by atoms with Crippen LogP contribution in [0.15, 0.2) is 24.3 Å². The van der Waals surface area contributed by atoms with Gasteiger partial charge in [0.2, 0.25) is 0 Å². The molecule has 1 atom stereocenters. The van der Waals surface area contributed by atoms with Crippen molar-refractivity contribution >= 4 is 5.97 Å². The summed E-state index contributed by atoms with van der Waals surface area (Å²) in [7, 11) is 0. The number of aryl methyl sites for hydroxylation is 1. The number of aliphatic carboxylic acids is 1. The van der Waals surface area contributed by atoms with Crippen LogP contribution in [0.1, 0.15) is 18.1 Å². The maximum absolute atomic E-state index is 10.7. The molecule has 0 spiro atoms. The summed E-state index contributed by atoms with van der Waals surface area (Å²) >= 11 is 0. The van der Waals surface area contributed by atoms with Crippen molar-refractivity contribution in [3.63, 3.8) is 0 Å². The van der Waals surface area contributed by atoms with Gasteiger partial charge in [-0.15, -0.1) is 0 Å². The lowest BCUT2D eigenvalue weighted by molar-refractivity contribution is -0.157. The van der Waals surface area contributed by atoms with Crippen LogP contribution in [0.5, 0.6) is 0 Å². The number of carboxylic acids is 1. The molecular formula is C10H12O3. The van der Waals surface area contributed by atoms with E-state index in [4.69, 9.17) is 5.11 Å². The fourth-order valence-electron chi connectivity index (χ4n) is 1.07. The fourth-order valence-corrected chi connectivity index (χ4v) is 1.07. The van der Waals surface area contributed by atoms with Gasteiger partial charge in [-0.25, -0.2) is 4.79 Å². The highest BCUT2D eigenvalue weighted by atomic mass is 16.4. The van der Waals surface area contributed by atoms with E-state index in [1.165, 1.54) is 6.92 Å². The van der Waals surface area contributed by atoms with Gasteiger partial charge in [0, 0.05) is 0 Å². The lowest BCUT2D eigenvalue weighted by atomic mass is 9.95. The Kier molecular flexibility index (Phi) is 2.38. The second-order valence-electron chi connectivity index (χ2n) is 3.25. The standard InChI is InChI=1S/C10H12O3/c1-7-4-3-5-8(6-7)10(2,13)9(11)12/h3-6,13H,1-2H3,(H,11,12)/t10-/m1/s1. The summed E-state index contributed by atoms with van der Waals surface area (Å²) in [6.07, 6.45) is 0. The van der Waals surface area contributed by atoms with Crippen LogP contribution in [-0.2, 0) is 10.4 Å². The monoisotopic (exact) mass is 180 g/mol. The van der Waals surface area contributed by atoms with Gasteiger partial charge >= 0.3 is 5.97 Å². The van der Waals surface area contributed by atoms with Gasteiger partial charge in [0.15, 0.2) is 5.60 Å². The molecule has 0 saturated heterocycles. The molecule has 1 rings (SSSR count). The Morgan fingerprint density at radius 3 is 2.54 bits per heavy atom. The number of carboxylic acid groups (broad SMARTS) is 1. The van der Waals surface area contributed by atoms with Crippen LogP contribution in [0.4, 0.5) is 0 Å². The Hall–Kier alpha value is -1.35. The first-order valence-electron chi connectivity index (χ1n) is 3.97. The fraction of sp³-hybridized carbons (Fsp3) is 0.300. The van der Waals surface area contributed by atoms with E-state index in [0.29, 0.717) is 5.56 Å². The number of aliphatic hydroxyl groups is 1. The molecule has 0 unspecified atom stereocenters. The highest BCUT2D eigenvalue weighted by Crippen LogP contribution is 2.21. The van der Waals surface area contributed by atoms with Crippen molar-refractivity contribution in [1.29, 1.82) is 0 Å². The summed E-state index contributed by atoms with van der Waals surface area (Å²) in [4.78, 5) is 10.7. The van der Waals surface area contributed by atoms with Gasteiger partial charge in [0.1, 0.15) is 0 Å². The third kappa shape index (κ3) is 1.87. The molecule has 0 aliphatic carbocycles. The maximum atomic E-state index is 10.7. The molecule has 1 aromatic rings. The van der Waals surface area contributed by atoms with Crippen LogP contribution in [0.2, 0.25) is 0 Å². The minimum Gasteiger partial charge on any atom is -0.479 e. The first kappa shape index (κ1) is 9.74. The third-order valence-electron chi connectivity index (χ3n) is 2.00. The van der Waals surface area contributed by atoms with Crippen LogP contribution in [0, 0.1) is 6.92 Å². The maximum Gasteiger partial charge on any atom is 0.340 e. The molecule has 70 valence electrons. The second kappa shape index (κ2) is 3.18. The topological polar surface area (TPSA) is 57.5 Å². The predicted octanol–water partition coefficient (Wildman–Crippen LogP) is 1.29. The number of hydrogen-bond acceptors (Lipinski definition) is 2. The van der Waals surface area contributed by atoms with E-state index in [-0.39, 0.29) is 0 Å². The van der Waals surface area contributed by atoms with Gasteiger partial charge in [-0.1, -0.05) is 29.8 Å². The lowest BCUT2D eigenvalue weighted by Crippen LogP contribution is -2.31. The quantitative estimate of drug-likeness (QED) is 0.721. The number of hydrogen-bond donors (Lipinski definition) is 2. The summed E-state index contributed by atoms with van der Waals surface area (Å²) in [5.74, 6) is -1.24. The zero-order valence-electron chi connectivity index (χ0n) is 7.61. The summed E-state index contributed by atoms with van der Waals surface area (Å²) in [5, 5.41) is 18.3. The summed E-state index contributed by atoms with van der Waals surface area (Å²) in [6, 6.07) is 6.83. The van der Waals surface area contributed by atoms with E-state index >= 15 is 0 Å². The SMILES string of the molecule is Cc1cccc([C@@](C)(O)C(=O)O)c1. The predicted molar refractivity (Wildman–Crippen MR) is 48.4 cm³/mol. The van der Waals surface area contributed by atoms with Gasteiger partial charge in [0.25, 0.3) is 0 Å². The zero-order chi connectivity index (χ0) is 10.1. The Morgan fingerprint density at radius 2 is 2.08 bits per heavy atom. The van der Waals surface area contributed by atoms with Crippen molar-refractivity contribution in [3.05, 3.63) is 35.4 Å². The molecular weight excluding hydrogens is 168 g/mol. The molecule has 0 aromatic heterocycles. The number of benzene rings is 1. The summed E-state index contributed by atoms with van der Waals surface area (Å²) in [6.45, 7) is 3.12. The van der Waals surface area contributed by atoms with E-state index in [2.05, 4.69) is 0 Å². The Labute approximate surface area is 76.6 Å². The van der Waals surface area contributed by atoms with Crippen molar-refractivity contribution in [3.8, 4) is 0 Å². The third-order valence-corrected chi connectivity index (χ3v) is 2.00. The van der Waals surface area contributed by atoms with Gasteiger partial charge < -0.3 is 10.2 Å². The molecule has 13 heavy (non-hydrogen) atoms. The lowest BCUT2D eigenvalue weighted by Gasteiger charge is -2.18. The van der Waals surface area contributed by atoms with E-state index in [0.717, 1.165) is 5.56 Å². The van der Waals surface area contributed by atoms with Crippen molar-refractivity contribution in [2.24, 2.45) is 0 Å².